The van der Waals surface area contributed by atoms with E-state index < -0.39 is 39.8 Å². The number of benzene rings is 2. The number of alkyl halides is 3. The number of halogens is 4. The molecule has 0 N–H and O–H groups in total. The molecule has 2 aromatic rings. The number of hydrogen-bond acceptors (Lipinski definition) is 3. The third-order valence-corrected chi connectivity index (χ3v) is 5.53. The smallest absolute Gasteiger partial charge is 0.268 e. The molecule has 1 amide bonds. The first-order valence-electron chi connectivity index (χ1n) is 7.01. The van der Waals surface area contributed by atoms with E-state index in [4.69, 9.17) is 6.42 Å². The van der Waals surface area contributed by atoms with Crippen LogP contribution < -0.4 is 0 Å². The Morgan fingerprint density at radius 2 is 1.81 bits per heavy atom. The molecule has 0 atom stereocenters. The highest BCUT2D eigenvalue weighted by Gasteiger charge is 2.38. The fourth-order valence-electron chi connectivity index (χ4n) is 2.15. The maximum atomic E-state index is 13.2. The molecule has 0 unspecified atom stereocenters. The molecule has 0 fully saturated rings. The van der Waals surface area contributed by atoms with Crippen LogP contribution in [-0.2, 0) is 16.2 Å². The van der Waals surface area contributed by atoms with E-state index in [9.17, 15) is 26.4 Å². The van der Waals surface area contributed by atoms with Gasteiger partial charge in [-0.05, 0) is 30.3 Å². The van der Waals surface area contributed by atoms with Crippen molar-refractivity contribution in [2.75, 3.05) is 6.54 Å². The summed E-state index contributed by atoms with van der Waals surface area (Å²) < 4.78 is 65.7. The second-order valence-corrected chi connectivity index (χ2v) is 7.80. The maximum Gasteiger partial charge on any atom is 0.417 e. The highest BCUT2D eigenvalue weighted by atomic mass is 79.9. The van der Waals surface area contributed by atoms with Gasteiger partial charge in [-0.2, -0.15) is 13.2 Å². The zero-order chi connectivity index (χ0) is 19.5. The zero-order valence-corrected chi connectivity index (χ0v) is 15.4. The molecule has 9 heteroatoms. The Labute approximate surface area is 156 Å². The zero-order valence-electron chi connectivity index (χ0n) is 13.0. The van der Waals surface area contributed by atoms with Gasteiger partial charge in [0, 0.05) is 4.47 Å². The van der Waals surface area contributed by atoms with Crippen LogP contribution in [0, 0.1) is 12.3 Å². The minimum atomic E-state index is -4.83. The molecule has 2 aromatic carbocycles. The predicted molar refractivity (Wildman–Crippen MR) is 92.6 cm³/mol. The molecule has 0 aliphatic carbocycles. The van der Waals surface area contributed by atoms with Crippen molar-refractivity contribution >= 4 is 31.9 Å². The van der Waals surface area contributed by atoms with Gasteiger partial charge < -0.3 is 0 Å². The minimum Gasteiger partial charge on any atom is -0.268 e. The molecule has 0 aliphatic heterocycles. The van der Waals surface area contributed by atoms with Crippen molar-refractivity contribution in [3.8, 4) is 12.3 Å². The molecule has 0 aromatic heterocycles. The van der Waals surface area contributed by atoms with Gasteiger partial charge in [0.1, 0.15) is 0 Å². The maximum absolute atomic E-state index is 13.2. The van der Waals surface area contributed by atoms with Crippen LogP contribution in [0.5, 0.6) is 0 Å². The van der Waals surface area contributed by atoms with E-state index in [1.165, 1.54) is 24.3 Å². The highest BCUT2D eigenvalue weighted by Crippen LogP contribution is 2.33. The van der Waals surface area contributed by atoms with Crippen molar-refractivity contribution < 1.29 is 26.4 Å². The summed E-state index contributed by atoms with van der Waals surface area (Å²) in [6.45, 7) is -0.708. The molecule has 0 saturated heterocycles. The van der Waals surface area contributed by atoms with Crippen LogP contribution in [0.2, 0.25) is 0 Å². The summed E-state index contributed by atoms with van der Waals surface area (Å²) >= 11 is 3.11. The van der Waals surface area contributed by atoms with Crippen LogP contribution in [0.1, 0.15) is 15.9 Å². The number of amides is 1. The van der Waals surface area contributed by atoms with Crippen molar-refractivity contribution in [1.82, 2.24) is 4.31 Å². The average molecular weight is 446 g/mol. The van der Waals surface area contributed by atoms with Crippen LogP contribution in [0.4, 0.5) is 13.2 Å². The fourth-order valence-corrected chi connectivity index (χ4v) is 4.05. The minimum absolute atomic E-state index is 0.249. The molecule has 0 aliphatic rings. The number of nitrogens with zero attached hydrogens (tertiary/aromatic N) is 1. The summed E-state index contributed by atoms with van der Waals surface area (Å²) in [7, 11) is -4.45. The number of sulfonamides is 1. The standard InChI is InChI=1S/C17H11BrF3NO3S/c1-2-10-22(26(24,25)13-7-5-6-12(18)11-13)16(23)14-8-3-4-9-15(14)17(19,20)21/h1,3-9,11H,10H2. The van der Waals surface area contributed by atoms with E-state index in [1.807, 2.05) is 5.92 Å². The van der Waals surface area contributed by atoms with E-state index >= 15 is 0 Å². The van der Waals surface area contributed by atoms with Gasteiger partial charge in [-0.15, -0.1) is 6.42 Å². The monoisotopic (exact) mass is 445 g/mol. The van der Waals surface area contributed by atoms with E-state index in [1.54, 1.807) is 6.07 Å². The summed E-state index contributed by atoms with van der Waals surface area (Å²) in [5.74, 6) is 0.649. The second kappa shape index (κ2) is 7.51. The SMILES string of the molecule is C#CCN(C(=O)c1ccccc1C(F)(F)F)S(=O)(=O)c1cccc(Br)c1. The molecule has 0 bridgehead atoms. The van der Waals surface area contributed by atoms with Crippen molar-refractivity contribution in [1.29, 1.82) is 0 Å². The summed E-state index contributed by atoms with van der Waals surface area (Å²) in [6.07, 6.45) is 0.308. The van der Waals surface area contributed by atoms with Crippen LogP contribution in [0.15, 0.2) is 57.9 Å². The number of carbonyl (C=O) groups excluding carboxylic acids is 1. The number of carbonyl (C=O) groups is 1. The molecular weight excluding hydrogens is 435 g/mol. The van der Waals surface area contributed by atoms with Crippen LogP contribution in [-0.4, -0.2) is 25.2 Å². The summed E-state index contributed by atoms with van der Waals surface area (Å²) in [6, 6.07) is 9.34. The highest BCUT2D eigenvalue weighted by molar-refractivity contribution is 9.10. The molecule has 26 heavy (non-hydrogen) atoms. The van der Waals surface area contributed by atoms with Gasteiger partial charge in [-0.25, -0.2) is 12.7 Å². The van der Waals surface area contributed by atoms with Gasteiger partial charge >= 0.3 is 6.18 Å². The number of terminal acetylenes is 1. The Balaban J connectivity index is 2.59. The lowest BCUT2D eigenvalue weighted by molar-refractivity contribution is -0.138. The lowest BCUT2D eigenvalue weighted by Crippen LogP contribution is -2.38. The van der Waals surface area contributed by atoms with Crippen molar-refractivity contribution in [3.05, 3.63) is 64.1 Å². The lowest BCUT2D eigenvalue weighted by Gasteiger charge is -2.22. The van der Waals surface area contributed by atoms with Gasteiger partial charge in [-0.3, -0.25) is 4.79 Å². The van der Waals surface area contributed by atoms with Gasteiger partial charge in [-0.1, -0.05) is 40.0 Å². The van der Waals surface area contributed by atoms with Gasteiger partial charge in [0.2, 0.25) is 0 Å². The van der Waals surface area contributed by atoms with Crippen molar-refractivity contribution in [3.63, 3.8) is 0 Å². The Kier molecular flexibility index (Phi) is 5.78. The normalized spacial score (nSPS) is 11.7. The fraction of sp³-hybridized carbons (Fsp3) is 0.118. The Bertz CT molecular complexity index is 981. The van der Waals surface area contributed by atoms with Gasteiger partial charge in [0.05, 0.1) is 22.6 Å². The lowest BCUT2D eigenvalue weighted by atomic mass is 10.1. The Morgan fingerprint density at radius 3 is 2.38 bits per heavy atom. The van der Waals surface area contributed by atoms with Crippen LogP contribution in [0.3, 0.4) is 0 Å². The molecular formula is C17H11BrF3NO3S. The average Bonchev–Trinajstić information content (AvgIpc) is 2.58. The summed E-state index contributed by atoms with van der Waals surface area (Å²) in [4.78, 5) is 12.4. The Hall–Kier alpha value is -2.31. The quantitative estimate of drug-likeness (QED) is 0.669. The summed E-state index contributed by atoms with van der Waals surface area (Å²) in [5.41, 5.74) is -2.04. The van der Waals surface area contributed by atoms with E-state index in [0.717, 1.165) is 12.1 Å². The first-order valence-corrected chi connectivity index (χ1v) is 9.24. The molecule has 0 saturated carbocycles. The molecule has 136 valence electrons. The molecule has 0 heterocycles. The summed E-state index contributed by atoms with van der Waals surface area (Å²) in [5, 5.41) is 0. The number of hydrogen-bond donors (Lipinski definition) is 0. The molecule has 0 radical (unpaired) electrons. The van der Waals surface area contributed by atoms with E-state index in [-0.39, 0.29) is 9.20 Å². The third-order valence-electron chi connectivity index (χ3n) is 3.31. The van der Waals surface area contributed by atoms with Crippen molar-refractivity contribution in [2.24, 2.45) is 0 Å². The molecule has 2 rings (SSSR count). The van der Waals surface area contributed by atoms with Crippen LogP contribution in [0.25, 0.3) is 0 Å². The molecule has 0 spiro atoms. The Morgan fingerprint density at radius 1 is 1.15 bits per heavy atom. The predicted octanol–water partition coefficient (Wildman–Crippen LogP) is 3.93. The first-order chi connectivity index (χ1) is 12.1. The second-order valence-electron chi connectivity index (χ2n) is 5.02. The van der Waals surface area contributed by atoms with E-state index in [2.05, 4.69) is 15.9 Å². The van der Waals surface area contributed by atoms with Crippen LogP contribution >= 0.6 is 15.9 Å². The largest absolute Gasteiger partial charge is 0.417 e. The van der Waals surface area contributed by atoms with Gasteiger partial charge in [0.15, 0.2) is 0 Å². The van der Waals surface area contributed by atoms with Gasteiger partial charge in [0.25, 0.3) is 15.9 Å². The topological polar surface area (TPSA) is 54.5 Å². The number of rotatable bonds is 4. The third kappa shape index (κ3) is 4.08. The van der Waals surface area contributed by atoms with E-state index in [0.29, 0.717) is 10.5 Å². The van der Waals surface area contributed by atoms with Crippen molar-refractivity contribution in [2.45, 2.75) is 11.1 Å². The molecule has 4 nitrogen and oxygen atoms in total. The first kappa shape index (κ1) is 20.0.